The van der Waals surface area contributed by atoms with Gasteiger partial charge in [-0.2, -0.15) is 0 Å². The Bertz CT molecular complexity index is 1050. The van der Waals surface area contributed by atoms with Crippen molar-refractivity contribution in [3.8, 4) is 11.5 Å². The molecule has 1 heterocycles. The molecular weight excluding hydrogens is 404 g/mol. The molecule has 158 valence electrons. The molecule has 1 atom stereocenters. The number of anilines is 2. The van der Waals surface area contributed by atoms with Gasteiger partial charge in [0.2, 0.25) is 5.91 Å². The van der Waals surface area contributed by atoms with Crippen LogP contribution in [0.1, 0.15) is 25.7 Å². The third kappa shape index (κ3) is 4.94. The highest BCUT2D eigenvalue weighted by Crippen LogP contribution is 2.32. The zero-order valence-electron chi connectivity index (χ0n) is 16.5. The number of allylic oxidation sites excluding steroid dienone is 2. The highest BCUT2D eigenvalue weighted by atomic mass is 32.2. The molecule has 1 aliphatic heterocycles. The van der Waals surface area contributed by atoms with Crippen LogP contribution in [0.25, 0.3) is 0 Å². The fourth-order valence-corrected chi connectivity index (χ4v) is 4.54. The second kappa shape index (κ2) is 8.79. The monoisotopic (exact) mass is 428 g/mol. The summed E-state index contributed by atoms with van der Waals surface area (Å²) >= 11 is 0. The third-order valence-electron chi connectivity index (χ3n) is 5.01. The molecule has 0 saturated carbocycles. The molecule has 2 aromatic carbocycles. The molecule has 0 saturated heterocycles. The lowest BCUT2D eigenvalue weighted by Gasteiger charge is -2.12. The van der Waals surface area contributed by atoms with Gasteiger partial charge in [-0.3, -0.25) is 9.52 Å². The van der Waals surface area contributed by atoms with E-state index in [1.165, 1.54) is 12.1 Å². The first-order chi connectivity index (χ1) is 14.5. The highest BCUT2D eigenvalue weighted by Gasteiger charge is 2.19. The van der Waals surface area contributed by atoms with Crippen LogP contribution in [0.15, 0.2) is 59.5 Å². The molecule has 1 amide bonds. The van der Waals surface area contributed by atoms with Gasteiger partial charge in [0.25, 0.3) is 10.0 Å². The van der Waals surface area contributed by atoms with Gasteiger partial charge in [0.15, 0.2) is 11.5 Å². The zero-order valence-corrected chi connectivity index (χ0v) is 17.3. The molecule has 1 aliphatic carbocycles. The number of rotatable bonds is 6. The van der Waals surface area contributed by atoms with Crippen LogP contribution in [-0.4, -0.2) is 27.5 Å². The Labute approximate surface area is 176 Å². The summed E-state index contributed by atoms with van der Waals surface area (Å²) < 4.78 is 39.2. The minimum absolute atomic E-state index is 0.0490. The molecule has 4 rings (SSSR count). The molecule has 0 spiro atoms. The van der Waals surface area contributed by atoms with Crippen LogP contribution in [0.3, 0.4) is 0 Å². The van der Waals surface area contributed by atoms with Crippen molar-refractivity contribution in [3.63, 3.8) is 0 Å². The van der Waals surface area contributed by atoms with E-state index in [1.807, 2.05) is 0 Å². The molecule has 0 fully saturated rings. The maximum Gasteiger partial charge on any atom is 0.262 e. The smallest absolute Gasteiger partial charge is 0.262 e. The van der Waals surface area contributed by atoms with Crippen LogP contribution >= 0.6 is 0 Å². The van der Waals surface area contributed by atoms with Crippen molar-refractivity contribution in [2.24, 2.45) is 5.92 Å². The summed E-state index contributed by atoms with van der Waals surface area (Å²) in [6.07, 6.45) is 7.41. The van der Waals surface area contributed by atoms with Crippen molar-refractivity contribution in [2.45, 2.75) is 30.6 Å². The van der Waals surface area contributed by atoms with Crippen LogP contribution < -0.4 is 19.5 Å². The average molecular weight is 429 g/mol. The van der Waals surface area contributed by atoms with E-state index in [2.05, 4.69) is 22.2 Å². The Morgan fingerprint density at radius 2 is 1.73 bits per heavy atom. The third-order valence-corrected chi connectivity index (χ3v) is 6.39. The summed E-state index contributed by atoms with van der Waals surface area (Å²) in [5.41, 5.74) is 1.03. The van der Waals surface area contributed by atoms with E-state index in [9.17, 15) is 13.2 Å². The van der Waals surface area contributed by atoms with Gasteiger partial charge in [0.1, 0.15) is 0 Å². The Morgan fingerprint density at radius 1 is 1.00 bits per heavy atom. The fraction of sp³-hybridized carbons (Fsp3) is 0.318. The van der Waals surface area contributed by atoms with Crippen molar-refractivity contribution in [2.75, 3.05) is 23.3 Å². The van der Waals surface area contributed by atoms with Gasteiger partial charge in [0, 0.05) is 30.3 Å². The van der Waals surface area contributed by atoms with Gasteiger partial charge in [-0.1, -0.05) is 12.2 Å². The first kappa shape index (κ1) is 20.3. The highest BCUT2D eigenvalue weighted by molar-refractivity contribution is 7.92. The predicted octanol–water partition coefficient (Wildman–Crippen LogP) is 3.94. The summed E-state index contributed by atoms with van der Waals surface area (Å²) in [6.45, 7) is 1.02. The lowest BCUT2D eigenvalue weighted by molar-refractivity contribution is -0.116. The van der Waals surface area contributed by atoms with E-state index < -0.39 is 10.0 Å². The van der Waals surface area contributed by atoms with Crippen LogP contribution in [-0.2, 0) is 14.8 Å². The quantitative estimate of drug-likeness (QED) is 0.680. The Hall–Kier alpha value is -3.00. The summed E-state index contributed by atoms with van der Waals surface area (Å²) in [5, 5.41) is 2.85. The Kier molecular flexibility index (Phi) is 5.94. The lowest BCUT2D eigenvalue weighted by atomic mass is 10.1. The van der Waals surface area contributed by atoms with Crippen LogP contribution in [0.2, 0.25) is 0 Å². The van der Waals surface area contributed by atoms with Crippen LogP contribution in [0, 0.1) is 5.92 Å². The summed E-state index contributed by atoms with van der Waals surface area (Å²) in [6, 6.07) is 11.1. The molecule has 2 aliphatic rings. The van der Waals surface area contributed by atoms with Gasteiger partial charge in [-0.25, -0.2) is 8.42 Å². The van der Waals surface area contributed by atoms with Gasteiger partial charge in [-0.15, -0.1) is 0 Å². The predicted molar refractivity (Wildman–Crippen MR) is 114 cm³/mol. The van der Waals surface area contributed by atoms with Gasteiger partial charge < -0.3 is 14.8 Å². The van der Waals surface area contributed by atoms with Crippen molar-refractivity contribution in [1.82, 2.24) is 0 Å². The minimum Gasteiger partial charge on any atom is -0.490 e. The van der Waals surface area contributed by atoms with E-state index in [0.29, 0.717) is 48.4 Å². The molecule has 2 N–H and O–H groups in total. The van der Waals surface area contributed by atoms with E-state index in [4.69, 9.17) is 9.47 Å². The number of amides is 1. The number of carbonyl (C=O) groups is 1. The number of hydrogen-bond donors (Lipinski definition) is 2. The number of carbonyl (C=O) groups excluding carboxylic acids is 1. The van der Waals surface area contributed by atoms with Crippen LogP contribution in [0.5, 0.6) is 11.5 Å². The van der Waals surface area contributed by atoms with E-state index in [1.54, 1.807) is 30.3 Å². The molecule has 7 nitrogen and oxygen atoms in total. The maximum absolute atomic E-state index is 12.7. The summed E-state index contributed by atoms with van der Waals surface area (Å²) in [7, 11) is -3.79. The van der Waals surface area contributed by atoms with Crippen molar-refractivity contribution in [3.05, 3.63) is 54.6 Å². The molecule has 0 aromatic heterocycles. The number of ether oxygens (including phenoxy) is 2. The van der Waals surface area contributed by atoms with Crippen LogP contribution in [0.4, 0.5) is 11.4 Å². The van der Waals surface area contributed by atoms with Crippen molar-refractivity contribution < 1.29 is 22.7 Å². The maximum atomic E-state index is 12.7. The second-order valence-corrected chi connectivity index (χ2v) is 9.04. The fourth-order valence-electron chi connectivity index (χ4n) is 3.46. The van der Waals surface area contributed by atoms with Gasteiger partial charge >= 0.3 is 0 Å². The van der Waals surface area contributed by atoms with Crippen molar-refractivity contribution >= 4 is 27.3 Å². The van der Waals surface area contributed by atoms with E-state index in [0.717, 1.165) is 19.3 Å². The average Bonchev–Trinajstić information content (AvgIpc) is 3.11. The number of benzene rings is 2. The molecule has 8 heteroatoms. The van der Waals surface area contributed by atoms with Gasteiger partial charge in [0.05, 0.1) is 18.1 Å². The number of sulfonamides is 1. The molecule has 1 unspecified atom stereocenters. The standard InChI is InChI=1S/C22H24N2O5S/c25-22(14-16-4-1-2-5-16)23-17-6-8-18(9-7-17)24-30(26,27)19-10-11-20-21(15-19)29-13-3-12-28-20/h1,4,6-11,15-16,24H,2-3,5,12-14H2,(H,23,25). The number of hydrogen-bond acceptors (Lipinski definition) is 5. The first-order valence-corrected chi connectivity index (χ1v) is 11.5. The Balaban J connectivity index is 1.40. The van der Waals surface area contributed by atoms with E-state index in [-0.39, 0.29) is 10.8 Å². The van der Waals surface area contributed by atoms with Gasteiger partial charge in [-0.05, 0) is 55.2 Å². The largest absolute Gasteiger partial charge is 0.490 e. The topological polar surface area (TPSA) is 93.7 Å². The SMILES string of the molecule is O=C(CC1C=CCC1)Nc1ccc(NS(=O)(=O)c2ccc3c(c2)OCCCO3)cc1. The molecule has 0 bridgehead atoms. The zero-order chi connectivity index (χ0) is 21.0. The number of nitrogens with one attached hydrogen (secondary N) is 2. The molecule has 2 aromatic rings. The summed E-state index contributed by atoms with van der Waals surface area (Å²) in [4.78, 5) is 12.2. The molecule has 0 radical (unpaired) electrons. The molecular formula is C22H24N2O5S. The van der Waals surface area contributed by atoms with E-state index >= 15 is 0 Å². The second-order valence-electron chi connectivity index (χ2n) is 7.36. The van der Waals surface area contributed by atoms with Crippen molar-refractivity contribution in [1.29, 1.82) is 0 Å². The molecule has 30 heavy (non-hydrogen) atoms. The minimum atomic E-state index is -3.79. The lowest BCUT2D eigenvalue weighted by Crippen LogP contribution is -2.15. The Morgan fingerprint density at radius 3 is 2.47 bits per heavy atom. The normalized spacial score (nSPS) is 17.9. The summed E-state index contributed by atoms with van der Waals surface area (Å²) in [5.74, 6) is 1.21. The first-order valence-electron chi connectivity index (χ1n) is 9.99. The number of fused-ring (bicyclic) bond motifs is 1.